The van der Waals surface area contributed by atoms with Crippen LogP contribution in [0.3, 0.4) is 0 Å². The third kappa shape index (κ3) is 2.34. The zero-order valence-electron chi connectivity index (χ0n) is 7.69. The van der Waals surface area contributed by atoms with Crippen molar-refractivity contribution in [1.29, 1.82) is 0 Å². The van der Waals surface area contributed by atoms with Gasteiger partial charge in [0.2, 0.25) is 0 Å². The molecule has 0 aliphatic carbocycles. The molecule has 0 saturated carbocycles. The maximum Gasteiger partial charge on any atom is 0.489 e. The van der Waals surface area contributed by atoms with Gasteiger partial charge in [-0.25, -0.2) is 4.79 Å². The molecule has 0 bridgehead atoms. The summed E-state index contributed by atoms with van der Waals surface area (Å²) >= 11 is 0. The Morgan fingerprint density at radius 1 is 1.25 bits per heavy atom. The third-order valence-electron chi connectivity index (χ3n) is 1.89. The van der Waals surface area contributed by atoms with Crippen LogP contribution in [0.4, 0.5) is 13.2 Å². The smallest absolute Gasteiger partial charge is 0.478 e. The highest BCUT2D eigenvalue weighted by atomic mass is 19.4. The summed E-state index contributed by atoms with van der Waals surface area (Å²) in [7, 11) is -2.27. The summed E-state index contributed by atoms with van der Waals surface area (Å²) in [6.45, 7) is 0. The Morgan fingerprint density at radius 3 is 2.19 bits per heavy atom. The van der Waals surface area contributed by atoms with Crippen molar-refractivity contribution in [2.45, 2.75) is 6.18 Å². The highest BCUT2D eigenvalue weighted by Gasteiger charge is 2.37. The van der Waals surface area contributed by atoms with Crippen molar-refractivity contribution in [3.8, 4) is 0 Å². The van der Waals surface area contributed by atoms with E-state index in [1.54, 1.807) is 0 Å². The second kappa shape index (κ2) is 4.15. The third-order valence-corrected chi connectivity index (χ3v) is 1.89. The number of carboxylic acid groups (broad SMARTS) is 1. The molecule has 0 radical (unpaired) electrons. The molecule has 0 spiro atoms. The Hall–Kier alpha value is -1.54. The molecule has 0 aliphatic rings. The number of aromatic carboxylic acids is 1. The number of hydrogen-bond donors (Lipinski definition) is 3. The van der Waals surface area contributed by atoms with Crippen LogP contribution >= 0.6 is 0 Å². The lowest BCUT2D eigenvalue weighted by atomic mass is 9.75. The van der Waals surface area contributed by atoms with Gasteiger partial charge < -0.3 is 15.2 Å². The van der Waals surface area contributed by atoms with Crippen LogP contribution < -0.4 is 5.46 Å². The average Bonchev–Trinajstić information content (AvgIpc) is 2.14. The van der Waals surface area contributed by atoms with E-state index in [1.807, 2.05) is 0 Å². The van der Waals surface area contributed by atoms with Gasteiger partial charge >= 0.3 is 19.3 Å². The van der Waals surface area contributed by atoms with E-state index in [0.717, 1.165) is 12.1 Å². The Bertz CT molecular complexity index is 416. The Labute approximate surface area is 88.1 Å². The van der Waals surface area contributed by atoms with E-state index in [1.165, 1.54) is 0 Å². The topological polar surface area (TPSA) is 77.8 Å². The Morgan fingerprint density at radius 2 is 1.81 bits per heavy atom. The second-order valence-corrected chi connectivity index (χ2v) is 2.95. The minimum absolute atomic E-state index is 0.565. The number of alkyl halides is 3. The first kappa shape index (κ1) is 12.5. The summed E-state index contributed by atoms with van der Waals surface area (Å²) in [5.74, 6) is -1.86. The summed E-state index contributed by atoms with van der Waals surface area (Å²) < 4.78 is 37.3. The second-order valence-electron chi connectivity index (χ2n) is 2.95. The summed E-state index contributed by atoms with van der Waals surface area (Å²) in [4.78, 5) is 10.7. The standard InChI is InChI=1S/C8H6BF3O4/c10-8(11,12)4-2-1-3-5(9(15)16)6(4)7(13)14/h1-3,15-16H,(H,13,14). The van der Waals surface area contributed by atoms with Crippen molar-refractivity contribution < 1.29 is 33.1 Å². The van der Waals surface area contributed by atoms with E-state index < -0.39 is 35.9 Å². The molecule has 0 aliphatic heterocycles. The van der Waals surface area contributed by atoms with Crippen LogP contribution in [0.25, 0.3) is 0 Å². The predicted molar refractivity (Wildman–Crippen MR) is 48.2 cm³/mol. The Balaban J connectivity index is 3.52. The summed E-state index contributed by atoms with van der Waals surface area (Å²) in [5.41, 5.74) is -3.25. The molecule has 0 aromatic heterocycles. The number of carboxylic acids is 1. The maximum atomic E-state index is 12.4. The largest absolute Gasteiger partial charge is 0.489 e. The lowest BCUT2D eigenvalue weighted by Crippen LogP contribution is -2.36. The fourth-order valence-corrected chi connectivity index (χ4v) is 1.26. The number of hydrogen-bond acceptors (Lipinski definition) is 3. The minimum Gasteiger partial charge on any atom is -0.478 e. The molecule has 0 saturated heterocycles. The van der Waals surface area contributed by atoms with Gasteiger partial charge in [0, 0.05) is 0 Å². The van der Waals surface area contributed by atoms with Gasteiger partial charge in [0.25, 0.3) is 0 Å². The molecule has 8 heteroatoms. The molecule has 3 N–H and O–H groups in total. The quantitative estimate of drug-likeness (QED) is 0.633. The number of benzene rings is 1. The molecule has 86 valence electrons. The molecule has 0 atom stereocenters. The molecule has 0 fully saturated rings. The molecule has 1 aromatic rings. The highest BCUT2D eigenvalue weighted by molar-refractivity contribution is 6.60. The van der Waals surface area contributed by atoms with Crippen LogP contribution in [0.1, 0.15) is 15.9 Å². The average molecular weight is 234 g/mol. The van der Waals surface area contributed by atoms with E-state index in [9.17, 15) is 18.0 Å². The predicted octanol–water partition coefficient (Wildman–Crippen LogP) is 0.0834. The zero-order valence-corrected chi connectivity index (χ0v) is 7.69. The van der Waals surface area contributed by atoms with Gasteiger partial charge in [0.15, 0.2) is 0 Å². The summed E-state index contributed by atoms with van der Waals surface area (Å²) in [6, 6.07) is 2.38. The van der Waals surface area contributed by atoms with Gasteiger partial charge in [-0.1, -0.05) is 12.1 Å². The SMILES string of the molecule is O=C(O)c1c(B(O)O)cccc1C(F)(F)F. The minimum atomic E-state index is -4.86. The van der Waals surface area contributed by atoms with Crippen molar-refractivity contribution in [3.63, 3.8) is 0 Å². The molecule has 16 heavy (non-hydrogen) atoms. The number of halogens is 3. The Kier molecular flexibility index (Phi) is 3.25. The van der Waals surface area contributed by atoms with Crippen molar-refractivity contribution in [3.05, 3.63) is 29.3 Å². The molecular formula is C8H6BF3O4. The van der Waals surface area contributed by atoms with Crippen LogP contribution in [0, 0.1) is 0 Å². The van der Waals surface area contributed by atoms with E-state index in [0.29, 0.717) is 6.07 Å². The van der Waals surface area contributed by atoms with Gasteiger partial charge in [0.05, 0.1) is 11.1 Å². The van der Waals surface area contributed by atoms with Crippen molar-refractivity contribution in [2.24, 2.45) is 0 Å². The van der Waals surface area contributed by atoms with Gasteiger partial charge in [-0.2, -0.15) is 13.2 Å². The van der Waals surface area contributed by atoms with Crippen LogP contribution in [-0.2, 0) is 6.18 Å². The number of rotatable bonds is 2. The van der Waals surface area contributed by atoms with Crippen LogP contribution in [0.5, 0.6) is 0 Å². The van der Waals surface area contributed by atoms with Crippen LogP contribution in [-0.4, -0.2) is 28.2 Å². The monoisotopic (exact) mass is 234 g/mol. The van der Waals surface area contributed by atoms with Crippen LogP contribution in [0.2, 0.25) is 0 Å². The van der Waals surface area contributed by atoms with Crippen LogP contribution in [0.15, 0.2) is 18.2 Å². The molecular weight excluding hydrogens is 228 g/mol. The maximum absolute atomic E-state index is 12.4. The first-order valence-corrected chi connectivity index (χ1v) is 4.04. The van der Waals surface area contributed by atoms with Crippen molar-refractivity contribution in [2.75, 3.05) is 0 Å². The molecule has 4 nitrogen and oxygen atoms in total. The van der Waals surface area contributed by atoms with Gasteiger partial charge in [0.1, 0.15) is 0 Å². The molecule has 0 amide bonds. The summed E-state index contributed by atoms with van der Waals surface area (Å²) in [5, 5.41) is 26.2. The normalized spacial score (nSPS) is 11.3. The van der Waals surface area contributed by atoms with Gasteiger partial charge in [-0.15, -0.1) is 0 Å². The lowest BCUT2D eigenvalue weighted by molar-refractivity contribution is -0.138. The van der Waals surface area contributed by atoms with E-state index >= 15 is 0 Å². The molecule has 0 heterocycles. The molecule has 1 aromatic carbocycles. The van der Waals surface area contributed by atoms with Crippen molar-refractivity contribution in [1.82, 2.24) is 0 Å². The molecule has 0 unspecified atom stereocenters. The van der Waals surface area contributed by atoms with Crippen molar-refractivity contribution >= 4 is 18.6 Å². The fourth-order valence-electron chi connectivity index (χ4n) is 1.26. The highest BCUT2D eigenvalue weighted by Crippen LogP contribution is 2.31. The number of carbonyl (C=O) groups is 1. The van der Waals surface area contributed by atoms with Gasteiger partial charge in [-0.3, -0.25) is 0 Å². The molecule has 1 rings (SSSR count). The lowest BCUT2D eigenvalue weighted by Gasteiger charge is -2.13. The van der Waals surface area contributed by atoms with E-state index in [2.05, 4.69) is 0 Å². The van der Waals surface area contributed by atoms with E-state index in [-0.39, 0.29) is 0 Å². The van der Waals surface area contributed by atoms with Gasteiger partial charge in [-0.05, 0) is 11.5 Å². The first-order chi connectivity index (χ1) is 7.25. The zero-order chi connectivity index (χ0) is 12.5. The first-order valence-electron chi connectivity index (χ1n) is 4.04. The summed E-state index contributed by atoms with van der Waals surface area (Å²) in [6.07, 6.45) is -4.86. The van der Waals surface area contributed by atoms with E-state index in [4.69, 9.17) is 15.2 Å². The fraction of sp³-hybridized carbons (Fsp3) is 0.125.